The van der Waals surface area contributed by atoms with E-state index in [2.05, 4.69) is 17.1 Å². The van der Waals surface area contributed by atoms with E-state index in [1.165, 1.54) is 45.2 Å². The van der Waals surface area contributed by atoms with Crippen LogP contribution in [0.4, 0.5) is 0 Å². The molecule has 0 unspecified atom stereocenters. The number of nitrogens with one attached hydrogen (secondary N) is 1. The maximum absolute atomic E-state index is 3.41. The molecular formula is C9H17NS. The third-order valence-electron chi connectivity index (χ3n) is 2.72. The molecule has 0 bridgehead atoms. The van der Waals surface area contributed by atoms with Crippen molar-refractivity contribution in [2.75, 3.05) is 13.1 Å². The van der Waals surface area contributed by atoms with Crippen LogP contribution in [0.2, 0.25) is 0 Å². The Morgan fingerprint density at radius 3 is 2.09 bits per heavy atom. The predicted molar refractivity (Wildman–Crippen MR) is 51.1 cm³/mol. The molecule has 0 aromatic carbocycles. The summed E-state index contributed by atoms with van der Waals surface area (Å²) >= 11 is 2.27. The smallest absolute Gasteiger partial charge is 0.00739 e. The van der Waals surface area contributed by atoms with Crippen LogP contribution in [0.1, 0.15) is 32.1 Å². The van der Waals surface area contributed by atoms with Crippen LogP contribution in [0.15, 0.2) is 0 Å². The molecule has 1 N–H and O–H groups in total. The first kappa shape index (κ1) is 7.93. The first-order valence-corrected chi connectivity index (χ1v) is 5.75. The van der Waals surface area contributed by atoms with Crippen molar-refractivity contribution in [3.05, 3.63) is 0 Å². The Kier molecular flexibility index (Phi) is 2.75. The molecule has 0 aromatic rings. The third kappa shape index (κ3) is 2.12. The fourth-order valence-corrected chi connectivity index (χ4v) is 3.37. The predicted octanol–water partition coefficient (Wildman–Crippen LogP) is 2.02. The summed E-state index contributed by atoms with van der Waals surface area (Å²) in [6.45, 7) is 2.51. The zero-order valence-electron chi connectivity index (χ0n) is 7.01. The van der Waals surface area contributed by atoms with Crippen LogP contribution in [0, 0.1) is 0 Å². The summed E-state index contributed by atoms with van der Waals surface area (Å²) in [6, 6.07) is 0. The summed E-state index contributed by atoms with van der Waals surface area (Å²) in [5.74, 6) is 0. The molecule has 64 valence electrons. The van der Waals surface area contributed by atoms with Gasteiger partial charge in [0.1, 0.15) is 0 Å². The minimum absolute atomic E-state index is 0.988. The highest BCUT2D eigenvalue weighted by Gasteiger charge is 2.23. The van der Waals surface area contributed by atoms with Gasteiger partial charge in [0.05, 0.1) is 0 Å². The van der Waals surface area contributed by atoms with Crippen molar-refractivity contribution in [1.82, 2.24) is 5.32 Å². The summed E-state index contributed by atoms with van der Waals surface area (Å²) in [5, 5.41) is 5.44. The maximum atomic E-state index is 3.41. The van der Waals surface area contributed by atoms with Crippen LogP contribution >= 0.6 is 11.8 Å². The van der Waals surface area contributed by atoms with E-state index in [0.717, 1.165) is 10.5 Å². The molecule has 1 saturated carbocycles. The summed E-state index contributed by atoms with van der Waals surface area (Å²) < 4.78 is 0. The zero-order chi connectivity index (χ0) is 7.52. The van der Waals surface area contributed by atoms with Crippen LogP contribution in [0.3, 0.4) is 0 Å². The second kappa shape index (κ2) is 3.81. The topological polar surface area (TPSA) is 12.0 Å². The van der Waals surface area contributed by atoms with Gasteiger partial charge in [0.25, 0.3) is 0 Å². The van der Waals surface area contributed by atoms with E-state index in [0.29, 0.717) is 0 Å². The van der Waals surface area contributed by atoms with Crippen LogP contribution in [0.5, 0.6) is 0 Å². The molecule has 2 aliphatic rings. The summed E-state index contributed by atoms with van der Waals surface area (Å²) in [4.78, 5) is 0. The van der Waals surface area contributed by atoms with Crippen molar-refractivity contribution in [3.8, 4) is 0 Å². The molecule has 0 aromatic heterocycles. The van der Waals surface area contributed by atoms with Gasteiger partial charge in [-0.05, 0) is 38.8 Å². The van der Waals surface area contributed by atoms with E-state index in [1.54, 1.807) is 0 Å². The van der Waals surface area contributed by atoms with Gasteiger partial charge in [-0.15, -0.1) is 0 Å². The van der Waals surface area contributed by atoms with Gasteiger partial charge < -0.3 is 5.32 Å². The van der Waals surface area contributed by atoms with Gasteiger partial charge in [-0.2, -0.15) is 11.8 Å². The lowest BCUT2D eigenvalue weighted by atomic mass is 10.00. The molecule has 1 saturated heterocycles. The van der Waals surface area contributed by atoms with Gasteiger partial charge in [0.2, 0.25) is 0 Å². The molecule has 0 spiro atoms. The van der Waals surface area contributed by atoms with Crippen molar-refractivity contribution >= 4 is 11.8 Å². The van der Waals surface area contributed by atoms with Crippen LogP contribution < -0.4 is 5.32 Å². The number of thioether (sulfide) groups is 1. The van der Waals surface area contributed by atoms with Gasteiger partial charge in [0, 0.05) is 10.5 Å². The molecule has 0 radical (unpaired) electrons. The molecule has 11 heavy (non-hydrogen) atoms. The minimum atomic E-state index is 0.988. The highest BCUT2D eigenvalue weighted by atomic mass is 32.2. The van der Waals surface area contributed by atoms with Gasteiger partial charge in [-0.25, -0.2) is 0 Å². The molecule has 1 heterocycles. The molecule has 1 nitrogen and oxygen atoms in total. The van der Waals surface area contributed by atoms with Crippen LogP contribution in [0.25, 0.3) is 0 Å². The lowest BCUT2D eigenvalue weighted by molar-refractivity contribution is 0.501. The number of hydrogen-bond acceptors (Lipinski definition) is 2. The number of piperidine rings is 1. The Balaban J connectivity index is 1.67. The van der Waals surface area contributed by atoms with Gasteiger partial charge in [-0.3, -0.25) is 0 Å². The Morgan fingerprint density at radius 2 is 1.55 bits per heavy atom. The van der Waals surface area contributed by atoms with E-state index in [9.17, 15) is 0 Å². The molecule has 2 fully saturated rings. The molecular weight excluding hydrogens is 154 g/mol. The van der Waals surface area contributed by atoms with Crippen molar-refractivity contribution in [2.45, 2.75) is 42.6 Å². The van der Waals surface area contributed by atoms with Crippen molar-refractivity contribution in [2.24, 2.45) is 0 Å². The third-order valence-corrected chi connectivity index (χ3v) is 4.44. The Hall–Kier alpha value is 0.310. The van der Waals surface area contributed by atoms with Crippen LogP contribution in [-0.4, -0.2) is 23.6 Å². The monoisotopic (exact) mass is 171 g/mol. The number of rotatable bonds is 2. The molecule has 0 amide bonds. The summed E-state index contributed by atoms with van der Waals surface area (Å²) in [6.07, 6.45) is 7.29. The Morgan fingerprint density at radius 1 is 0.909 bits per heavy atom. The summed E-state index contributed by atoms with van der Waals surface area (Å²) in [7, 11) is 0. The Labute approximate surface area is 73.3 Å². The fraction of sp³-hybridized carbons (Fsp3) is 1.00. The molecule has 0 atom stereocenters. The first-order chi connectivity index (χ1) is 5.45. The van der Waals surface area contributed by atoms with Crippen molar-refractivity contribution in [1.29, 1.82) is 0 Å². The largest absolute Gasteiger partial charge is 0.317 e. The minimum Gasteiger partial charge on any atom is -0.317 e. The van der Waals surface area contributed by atoms with E-state index in [1.807, 2.05) is 0 Å². The second-order valence-electron chi connectivity index (χ2n) is 3.64. The second-order valence-corrected chi connectivity index (χ2v) is 5.24. The van der Waals surface area contributed by atoms with E-state index >= 15 is 0 Å². The molecule has 1 aliphatic heterocycles. The SMILES string of the molecule is C1CC(SC2CCNCC2)C1. The maximum Gasteiger partial charge on any atom is 0.00739 e. The van der Waals surface area contributed by atoms with Gasteiger partial charge >= 0.3 is 0 Å². The van der Waals surface area contributed by atoms with Gasteiger partial charge in [-0.1, -0.05) is 6.42 Å². The first-order valence-electron chi connectivity index (χ1n) is 4.81. The average Bonchev–Trinajstić information content (AvgIpc) is 1.99. The highest BCUT2D eigenvalue weighted by molar-refractivity contribution is 8.00. The van der Waals surface area contributed by atoms with Gasteiger partial charge in [0.15, 0.2) is 0 Å². The van der Waals surface area contributed by atoms with E-state index < -0.39 is 0 Å². The average molecular weight is 171 g/mol. The lowest BCUT2D eigenvalue weighted by Crippen LogP contribution is -2.31. The normalized spacial score (nSPS) is 28.4. The molecule has 1 aliphatic carbocycles. The zero-order valence-corrected chi connectivity index (χ0v) is 7.83. The lowest BCUT2D eigenvalue weighted by Gasteiger charge is -2.31. The number of hydrogen-bond donors (Lipinski definition) is 1. The standard InChI is InChI=1S/C9H17NS/c1-2-8(3-1)11-9-4-6-10-7-5-9/h8-10H,1-7H2. The Bertz CT molecular complexity index is 117. The van der Waals surface area contributed by atoms with Crippen LogP contribution in [-0.2, 0) is 0 Å². The van der Waals surface area contributed by atoms with E-state index in [4.69, 9.17) is 0 Å². The van der Waals surface area contributed by atoms with Crippen molar-refractivity contribution < 1.29 is 0 Å². The quantitative estimate of drug-likeness (QED) is 0.682. The molecule has 2 rings (SSSR count). The van der Waals surface area contributed by atoms with Crippen molar-refractivity contribution in [3.63, 3.8) is 0 Å². The summed E-state index contributed by atoms with van der Waals surface area (Å²) in [5.41, 5.74) is 0. The highest BCUT2D eigenvalue weighted by Crippen LogP contribution is 2.36. The fourth-order valence-electron chi connectivity index (χ4n) is 1.71. The molecule has 2 heteroatoms. The van der Waals surface area contributed by atoms with E-state index in [-0.39, 0.29) is 0 Å².